The van der Waals surface area contributed by atoms with Crippen molar-refractivity contribution in [1.29, 1.82) is 0 Å². The van der Waals surface area contributed by atoms with E-state index in [2.05, 4.69) is 165 Å². The standard InChI is InChI=1S/C46H28N4O/c1-3-13-41-35(11-1)36-12-2-4-14-42(36)49(41)33-10-6-9-31(24-33)29-7-5-8-30(23-29)32-15-17-45-39(25-32)40-26-34(16-18-46(40)51-45)50-43-27-47-21-19-37(43)38-20-22-48-28-44(38)50/h1-28H. The molecule has 11 rings (SSSR count). The first-order valence-corrected chi connectivity index (χ1v) is 17.1. The van der Waals surface area contributed by atoms with Crippen LogP contribution in [0.4, 0.5) is 0 Å². The van der Waals surface area contributed by atoms with Gasteiger partial charge in [0.15, 0.2) is 0 Å². The SMILES string of the molecule is c1cc(-c2cccc(-n3c4ccccc4c4ccccc43)c2)cc(-c2ccc3oc4ccc(-n5c6cnccc6c6ccncc65)cc4c3c2)c1. The molecule has 51 heavy (non-hydrogen) atoms. The van der Waals surface area contributed by atoms with Gasteiger partial charge in [-0.25, -0.2) is 0 Å². The van der Waals surface area contributed by atoms with Gasteiger partial charge in [-0.15, -0.1) is 0 Å². The Morgan fingerprint density at radius 3 is 1.55 bits per heavy atom. The third-order valence-corrected chi connectivity index (χ3v) is 10.3. The number of aromatic nitrogens is 4. The molecule has 0 N–H and O–H groups in total. The predicted molar refractivity (Wildman–Crippen MR) is 209 cm³/mol. The van der Waals surface area contributed by atoms with E-state index in [0.717, 1.165) is 66.2 Å². The summed E-state index contributed by atoms with van der Waals surface area (Å²) in [4.78, 5) is 8.90. The van der Waals surface area contributed by atoms with Gasteiger partial charge in [0.1, 0.15) is 11.2 Å². The molecule has 0 unspecified atom stereocenters. The fraction of sp³-hybridized carbons (Fsp3) is 0. The molecule has 5 nitrogen and oxygen atoms in total. The summed E-state index contributed by atoms with van der Waals surface area (Å²) >= 11 is 0. The molecule has 0 fully saturated rings. The summed E-state index contributed by atoms with van der Waals surface area (Å²) in [5.74, 6) is 0. The van der Waals surface area contributed by atoms with Gasteiger partial charge in [-0.3, -0.25) is 9.97 Å². The molecular formula is C46H28N4O. The first-order valence-electron chi connectivity index (χ1n) is 17.1. The molecule has 5 heteroatoms. The molecular weight excluding hydrogens is 625 g/mol. The van der Waals surface area contributed by atoms with Gasteiger partial charge in [-0.1, -0.05) is 72.8 Å². The van der Waals surface area contributed by atoms with Crippen LogP contribution in [0.1, 0.15) is 0 Å². The fourth-order valence-electron chi connectivity index (χ4n) is 7.98. The number of para-hydroxylation sites is 2. The van der Waals surface area contributed by atoms with Crippen molar-refractivity contribution in [1.82, 2.24) is 19.1 Å². The Morgan fingerprint density at radius 2 is 0.863 bits per heavy atom. The van der Waals surface area contributed by atoms with Crippen LogP contribution in [-0.2, 0) is 0 Å². The minimum Gasteiger partial charge on any atom is -0.456 e. The van der Waals surface area contributed by atoms with Crippen LogP contribution in [0, 0.1) is 0 Å². The summed E-state index contributed by atoms with van der Waals surface area (Å²) in [7, 11) is 0. The maximum absolute atomic E-state index is 6.36. The topological polar surface area (TPSA) is 48.8 Å². The summed E-state index contributed by atoms with van der Waals surface area (Å²) in [6, 6.07) is 52.0. The van der Waals surface area contributed by atoms with Gasteiger partial charge in [0, 0.05) is 56.1 Å². The summed E-state index contributed by atoms with van der Waals surface area (Å²) in [5.41, 5.74) is 13.1. The first-order chi connectivity index (χ1) is 25.3. The number of rotatable bonds is 4. The van der Waals surface area contributed by atoms with Crippen molar-refractivity contribution in [2.24, 2.45) is 0 Å². The molecule has 0 aliphatic rings. The highest BCUT2D eigenvalue weighted by atomic mass is 16.3. The van der Waals surface area contributed by atoms with Crippen LogP contribution in [0.3, 0.4) is 0 Å². The highest BCUT2D eigenvalue weighted by Gasteiger charge is 2.16. The Kier molecular flexibility index (Phi) is 5.89. The molecule has 238 valence electrons. The monoisotopic (exact) mass is 652 g/mol. The van der Waals surface area contributed by atoms with Gasteiger partial charge >= 0.3 is 0 Å². The zero-order valence-corrected chi connectivity index (χ0v) is 27.4. The molecule has 5 heterocycles. The van der Waals surface area contributed by atoms with E-state index in [0.29, 0.717) is 0 Å². The van der Waals surface area contributed by atoms with Gasteiger partial charge in [-0.05, 0) is 95.1 Å². The molecule has 0 amide bonds. The van der Waals surface area contributed by atoms with Gasteiger partial charge < -0.3 is 13.6 Å². The number of fused-ring (bicyclic) bond motifs is 9. The molecule has 0 bridgehead atoms. The Balaban J connectivity index is 1.02. The molecule has 6 aromatic carbocycles. The Bertz CT molecular complexity index is 3060. The van der Waals surface area contributed by atoms with Crippen LogP contribution in [0.2, 0.25) is 0 Å². The van der Waals surface area contributed by atoms with Crippen LogP contribution >= 0.6 is 0 Å². The minimum absolute atomic E-state index is 0.860. The molecule has 0 aliphatic carbocycles. The van der Waals surface area contributed by atoms with Crippen molar-refractivity contribution in [3.8, 4) is 33.6 Å². The molecule has 0 saturated carbocycles. The van der Waals surface area contributed by atoms with Crippen molar-refractivity contribution in [3.63, 3.8) is 0 Å². The van der Waals surface area contributed by atoms with E-state index in [9.17, 15) is 0 Å². The van der Waals surface area contributed by atoms with Crippen molar-refractivity contribution in [2.75, 3.05) is 0 Å². The van der Waals surface area contributed by atoms with Crippen LogP contribution in [0.25, 0.3) is 99.2 Å². The predicted octanol–water partition coefficient (Wildman–Crippen LogP) is 11.9. The smallest absolute Gasteiger partial charge is 0.135 e. The largest absolute Gasteiger partial charge is 0.456 e. The highest BCUT2D eigenvalue weighted by Crippen LogP contribution is 2.38. The summed E-state index contributed by atoms with van der Waals surface area (Å²) in [5, 5.41) is 6.99. The van der Waals surface area contributed by atoms with Crippen molar-refractivity contribution in [3.05, 3.63) is 170 Å². The van der Waals surface area contributed by atoms with E-state index in [1.807, 2.05) is 24.8 Å². The van der Waals surface area contributed by atoms with E-state index in [-0.39, 0.29) is 0 Å². The average molecular weight is 653 g/mol. The van der Waals surface area contributed by atoms with Crippen LogP contribution in [-0.4, -0.2) is 19.1 Å². The van der Waals surface area contributed by atoms with Gasteiger partial charge in [0.2, 0.25) is 0 Å². The second kappa shape index (κ2) is 10.8. The number of hydrogen-bond donors (Lipinski definition) is 0. The van der Waals surface area contributed by atoms with E-state index >= 15 is 0 Å². The molecule has 0 atom stereocenters. The molecule has 0 saturated heterocycles. The fourth-order valence-corrected chi connectivity index (χ4v) is 7.98. The summed E-state index contributed by atoms with van der Waals surface area (Å²) in [6.07, 6.45) is 7.55. The number of benzene rings is 6. The van der Waals surface area contributed by atoms with E-state index in [4.69, 9.17) is 4.42 Å². The van der Waals surface area contributed by atoms with Crippen LogP contribution < -0.4 is 0 Å². The molecule has 0 radical (unpaired) electrons. The Labute approximate surface area is 292 Å². The second-order valence-corrected chi connectivity index (χ2v) is 13.1. The molecule has 5 aromatic heterocycles. The third-order valence-electron chi connectivity index (χ3n) is 10.3. The highest BCUT2D eigenvalue weighted by molar-refractivity contribution is 6.11. The molecule has 0 aliphatic heterocycles. The maximum Gasteiger partial charge on any atom is 0.135 e. The Hall–Kier alpha value is -6.98. The number of nitrogens with zero attached hydrogens (tertiary/aromatic N) is 4. The van der Waals surface area contributed by atoms with E-state index in [1.165, 1.54) is 32.9 Å². The number of furan rings is 1. The lowest BCUT2D eigenvalue weighted by atomic mass is 9.97. The number of hydrogen-bond acceptors (Lipinski definition) is 3. The summed E-state index contributed by atoms with van der Waals surface area (Å²) in [6.45, 7) is 0. The van der Waals surface area contributed by atoms with Crippen molar-refractivity contribution in [2.45, 2.75) is 0 Å². The molecule has 11 aromatic rings. The third kappa shape index (κ3) is 4.22. The summed E-state index contributed by atoms with van der Waals surface area (Å²) < 4.78 is 11.0. The zero-order chi connectivity index (χ0) is 33.5. The van der Waals surface area contributed by atoms with Crippen LogP contribution in [0.5, 0.6) is 0 Å². The normalized spacial score (nSPS) is 11.9. The van der Waals surface area contributed by atoms with E-state index < -0.39 is 0 Å². The lowest BCUT2D eigenvalue weighted by Gasteiger charge is -2.11. The molecule has 0 spiro atoms. The first kappa shape index (κ1) is 27.9. The van der Waals surface area contributed by atoms with Gasteiger partial charge in [0.05, 0.1) is 34.5 Å². The van der Waals surface area contributed by atoms with Crippen molar-refractivity contribution < 1.29 is 4.42 Å². The minimum atomic E-state index is 0.860. The van der Waals surface area contributed by atoms with Crippen LogP contribution in [0.15, 0.2) is 175 Å². The number of pyridine rings is 2. The Morgan fingerprint density at radius 1 is 0.353 bits per heavy atom. The quantitative estimate of drug-likeness (QED) is 0.190. The maximum atomic E-state index is 6.36. The van der Waals surface area contributed by atoms with Crippen molar-refractivity contribution >= 4 is 65.6 Å². The van der Waals surface area contributed by atoms with Gasteiger partial charge in [0.25, 0.3) is 0 Å². The lowest BCUT2D eigenvalue weighted by Crippen LogP contribution is -1.94. The lowest BCUT2D eigenvalue weighted by molar-refractivity contribution is 0.669. The second-order valence-electron chi connectivity index (χ2n) is 13.1. The van der Waals surface area contributed by atoms with E-state index in [1.54, 1.807) is 0 Å². The zero-order valence-electron chi connectivity index (χ0n) is 27.4. The van der Waals surface area contributed by atoms with Gasteiger partial charge in [-0.2, -0.15) is 0 Å². The average Bonchev–Trinajstić information content (AvgIpc) is 3.85.